The molecule has 1 aromatic carbocycles. The number of aromatic nitrogens is 1. The quantitative estimate of drug-likeness (QED) is 0.756. The standard InChI is InChI=1S/C21H24N2O4/c1-5-6-7-23-20(25)17(11-22)15(4)19(21(23)26)18(24)12-27-16-9-13(2)8-14(3)10-16/h8-10,26H,5-7,12H2,1-4H3. The van der Waals surface area contributed by atoms with Crippen LogP contribution in [-0.2, 0) is 6.54 Å². The number of benzene rings is 1. The zero-order valence-corrected chi connectivity index (χ0v) is 16.1. The number of nitriles is 1. The van der Waals surface area contributed by atoms with Crippen molar-refractivity contribution in [2.45, 2.75) is 47.1 Å². The van der Waals surface area contributed by atoms with Gasteiger partial charge in [0.15, 0.2) is 6.61 Å². The van der Waals surface area contributed by atoms with Crippen LogP contribution in [0, 0.1) is 32.1 Å². The highest BCUT2D eigenvalue weighted by atomic mass is 16.5. The second-order valence-electron chi connectivity index (χ2n) is 6.66. The molecule has 0 amide bonds. The highest BCUT2D eigenvalue weighted by Gasteiger charge is 2.24. The lowest BCUT2D eigenvalue weighted by Crippen LogP contribution is -2.27. The Morgan fingerprint density at radius 3 is 2.41 bits per heavy atom. The average Bonchev–Trinajstić information content (AvgIpc) is 2.59. The number of ketones is 1. The molecule has 0 fully saturated rings. The summed E-state index contributed by atoms with van der Waals surface area (Å²) in [4.78, 5) is 25.1. The highest BCUT2D eigenvalue weighted by molar-refractivity contribution is 6.01. The number of unbranched alkanes of at least 4 members (excludes halogenated alkanes) is 1. The van der Waals surface area contributed by atoms with Crippen LogP contribution in [0.4, 0.5) is 0 Å². The van der Waals surface area contributed by atoms with Crippen molar-refractivity contribution in [1.82, 2.24) is 4.57 Å². The van der Waals surface area contributed by atoms with E-state index >= 15 is 0 Å². The third kappa shape index (κ3) is 4.37. The smallest absolute Gasteiger partial charge is 0.271 e. The van der Waals surface area contributed by atoms with Gasteiger partial charge in [-0.2, -0.15) is 5.26 Å². The Balaban J connectivity index is 2.39. The molecule has 2 rings (SSSR count). The van der Waals surface area contributed by atoms with E-state index in [1.54, 1.807) is 0 Å². The number of hydrogen-bond acceptors (Lipinski definition) is 5. The van der Waals surface area contributed by atoms with Gasteiger partial charge in [0.2, 0.25) is 11.7 Å². The molecule has 0 spiro atoms. The number of carbonyl (C=O) groups is 1. The maximum absolute atomic E-state index is 12.7. The van der Waals surface area contributed by atoms with Crippen LogP contribution in [-0.4, -0.2) is 22.1 Å². The SMILES string of the molecule is CCCCn1c(O)c(C(=O)COc2cc(C)cc(C)c2)c(C)c(C#N)c1=O. The molecule has 0 saturated carbocycles. The first-order valence-corrected chi connectivity index (χ1v) is 8.90. The molecule has 0 saturated heterocycles. The van der Waals surface area contributed by atoms with Gasteiger partial charge in [0.1, 0.15) is 17.4 Å². The predicted molar refractivity (Wildman–Crippen MR) is 102 cm³/mol. The molecule has 0 unspecified atom stereocenters. The van der Waals surface area contributed by atoms with Crippen molar-refractivity contribution in [3.8, 4) is 17.7 Å². The van der Waals surface area contributed by atoms with E-state index in [-0.39, 0.29) is 29.8 Å². The Bertz CT molecular complexity index is 947. The van der Waals surface area contributed by atoms with Gasteiger partial charge < -0.3 is 9.84 Å². The van der Waals surface area contributed by atoms with Crippen LogP contribution in [0.15, 0.2) is 23.0 Å². The Hall–Kier alpha value is -3.07. The van der Waals surface area contributed by atoms with E-state index < -0.39 is 17.2 Å². The lowest BCUT2D eigenvalue weighted by molar-refractivity contribution is 0.0916. The first kappa shape index (κ1) is 20.2. The van der Waals surface area contributed by atoms with Crippen LogP contribution in [0.3, 0.4) is 0 Å². The maximum atomic E-state index is 12.7. The fraction of sp³-hybridized carbons (Fsp3) is 0.381. The summed E-state index contributed by atoms with van der Waals surface area (Å²) in [6.45, 7) is 7.25. The topological polar surface area (TPSA) is 92.3 Å². The molecule has 0 aliphatic carbocycles. The highest BCUT2D eigenvalue weighted by Crippen LogP contribution is 2.24. The molecule has 1 heterocycles. The van der Waals surface area contributed by atoms with Crippen LogP contribution < -0.4 is 10.3 Å². The molecule has 0 aliphatic rings. The van der Waals surface area contributed by atoms with Crippen molar-refractivity contribution in [3.63, 3.8) is 0 Å². The number of aromatic hydroxyl groups is 1. The minimum absolute atomic E-state index is 0.0355. The molecule has 27 heavy (non-hydrogen) atoms. The Kier molecular flexibility index (Phi) is 6.40. The fourth-order valence-electron chi connectivity index (χ4n) is 3.05. The molecule has 6 heteroatoms. The van der Waals surface area contributed by atoms with E-state index in [0.29, 0.717) is 12.2 Å². The van der Waals surface area contributed by atoms with Gasteiger partial charge >= 0.3 is 0 Å². The summed E-state index contributed by atoms with van der Waals surface area (Å²) in [5.74, 6) is -0.331. The van der Waals surface area contributed by atoms with Gasteiger partial charge in [-0.15, -0.1) is 0 Å². The normalized spacial score (nSPS) is 10.5. The minimum Gasteiger partial charge on any atom is -0.494 e. The van der Waals surface area contributed by atoms with Crippen molar-refractivity contribution >= 4 is 5.78 Å². The van der Waals surface area contributed by atoms with Crippen molar-refractivity contribution in [2.24, 2.45) is 0 Å². The first-order chi connectivity index (χ1) is 12.8. The molecule has 6 nitrogen and oxygen atoms in total. The van der Waals surface area contributed by atoms with Crippen LogP contribution in [0.25, 0.3) is 0 Å². The molecule has 0 aliphatic heterocycles. The van der Waals surface area contributed by atoms with E-state index in [0.717, 1.165) is 22.1 Å². The Labute approximate surface area is 158 Å². The molecular weight excluding hydrogens is 344 g/mol. The molecular formula is C21H24N2O4. The predicted octanol–water partition coefficient (Wildman–Crippen LogP) is 3.41. The number of carbonyl (C=O) groups excluding carboxylic acids is 1. The van der Waals surface area contributed by atoms with Gasteiger partial charge in [0.25, 0.3) is 5.56 Å². The number of hydrogen-bond donors (Lipinski definition) is 1. The molecule has 0 radical (unpaired) electrons. The van der Waals surface area contributed by atoms with E-state index in [2.05, 4.69) is 0 Å². The monoisotopic (exact) mass is 368 g/mol. The molecule has 0 bridgehead atoms. The van der Waals surface area contributed by atoms with Crippen LogP contribution >= 0.6 is 0 Å². The van der Waals surface area contributed by atoms with Gasteiger partial charge in [-0.1, -0.05) is 19.4 Å². The zero-order chi connectivity index (χ0) is 20.1. The number of ether oxygens (including phenoxy) is 1. The summed E-state index contributed by atoms with van der Waals surface area (Å²) in [6, 6.07) is 7.48. The summed E-state index contributed by atoms with van der Waals surface area (Å²) in [5.41, 5.74) is 1.47. The molecule has 1 N–H and O–H groups in total. The molecule has 0 atom stereocenters. The van der Waals surface area contributed by atoms with Gasteiger partial charge in [0.05, 0.1) is 5.56 Å². The van der Waals surface area contributed by atoms with Crippen molar-refractivity contribution in [1.29, 1.82) is 5.26 Å². The first-order valence-electron chi connectivity index (χ1n) is 8.90. The fourth-order valence-corrected chi connectivity index (χ4v) is 3.05. The van der Waals surface area contributed by atoms with Gasteiger partial charge in [-0.3, -0.25) is 14.2 Å². The Morgan fingerprint density at radius 1 is 1.22 bits per heavy atom. The van der Waals surface area contributed by atoms with Crippen LogP contribution in [0.5, 0.6) is 11.6 Å². The van der Waals surface area contributed by atoms with E-state index in [1.807, 2.05) is 45.0 Å². The number of Topliss-reactive ketones (excluding diaryl/α,β-unsaturated/α-hetero) is 1. The maximum Gasteiger partial charge on any atom is 0.271 e. The van der Waals surface area contributed by atoms with E-state index in [9.17, 15) is 20.0 Å². The second-order valence-corrected chi connectivity index (χ2v) is 6.66. The molecule has 1 aromatic heterocycles. The lowest BCUT2D eigenvalue weighted by Gasteiger charge is -2.15. The van der Waals surface area contributed by atoms with E-state index in [1.165, 1.54) is 6.92 Å². The number of aryl methyl sites for hydroxylation is 2. The largest absolute Gasteiger partial charge is 0.494 e. The van der Waals surface area contributed by atoms with Gasteiger partial charge in [0, 0.05) is 6.54 Å². The summed E-state index contributed by atoms with van der Waals surface area (Å²) in [7, 11) is 0. The van der Waals surface area contributed by atoms with Gasteiger partial charge in [-0.05, 0) is 56.0 Å². The van der Waals surface area contributed by atoms with E-state index in [4.69, 9.17) is 4.74 Å². The summed E-state index contributed by atoms with van der Waals surface area (Å²) in [6.07, 6.45) is 1.45. The minimum atomic E-state index is -0.576. The third-order valence-electron chi connectivity index (χ3n) is 4.38. The van der Waals surface area contributed by atoms with Crippen LogP contribution in [0.2, 0.25) is 0 Å². The van der Waals surface area contributed by atoms with Crippen molar-refractivity contribution in [2.75, 3.05) is 6.61 Å². The van der Waals surface area contributed by atoms with Crippen molar-refractivity contribution in [3.05, 3.63) is 56.4 Å². The molecule has 2 aromatic rings. The van der Waals surface area contributed by atoms with Crippen LogP contribution in [0.1, 0.15) is 52.4 Å². The Morgan fingerprint density at radius 2 is 1.85 bits per heavy atom. The third-order valence-corrected chi connectivity index (χ3v) is 4.38. The van der Waals surface area contributed by atoms with Crippen molar-refractivity contribution < 1.29 is 14.6 Å². The lowest BCUT2D eigenvalue weighted by atomic mass is 10.0. The summed E-state index contributed by atoms with van der Waals surface area (Å²) in [5, 5.41) is 19.9. The van der Waals surface area contributed by atoms with Gasteiger partial charge in [-0.25, -0.2) is 0 Å². The summed E-state index contributed by atoms with van der Waals surface area (Å²) >= 11 is 0. The number of pyridine rings is 1. The summed E-state index contributed by atoms with van der Waals surface area (Å²) < 4.78 is 6.68. The second kappa shape index (κ2) is 8.54. The molecule has 142 valence electrons. The number of nitrogens with zero attached hydrogens (tertiary/aromatic N) is 2. The number of rotatable bonds is 7. The zero-order valence-electron chi connectivity index (χ0n) is 16.1. The average molecular weight is 368 g/mol.